The van der Waals surface area contributed by atoms with E-state index in [-0.39, 0.29) is 5.41 Å². The van der Waals surface area contributed by atoms with Crippen LogP contribution in [0.4, 0.5) is 0 Å². The Morgan fingerprint density at radius 3 is 1.95 bits per heavy atom. The third-order valence-electron chi connectivity index (χ3n) is 3.46. The fourth-order valence-electron chi connectivity index (χ4n) is 2.34. The molecular weight excluding hydrogens is 260 g/mol. The molecule has 0 heterocycles. The molecule has 0 nitrogen and oxygen atoms in total. The van der Waals surface area contributed by atoms with Crippen LogP contribution in [0.15, 0.2) is 58.3 Å². The minimum Gasteiger partial charge on any atom is -0.0895 e. The zero-order valence-corrected chi connectivity index (χ0v) is 13.9. The van der Waals surface area contributed by atoms with Crippen molar-refractivity contribution in [3.8, 4) is 0 Å². The van der Waals surface area contributed by atoms with Crippen LogP contribution >= 0.6 is 11.8 Å². The van der Waals surface area contributed by atoms with Crippen LogP contribution in [0.5, 0.6) is 0 Å². The number of rotatable bonds is 3. The van der Waals surface area contributed by atoms with Gasteiger partial charge < -0.3 is 0 Å². The first kappa shape index (κ1) is 15.2. The summed E-state index contributed by atoms with van der Waals surface area (Å²) in [4.78, 5) is 2.74. The molecule has 106 valence electrons. The fraction of sp³-hybridized carbons (Fsp3) is 0.368. The van der Waals surface area contributed by atoms with E-state index in [1.165, 1.54) is 20.9 Å². The maximum absolute atomic E-state index is 2.28. The number of benzene rings is 2. The molecule has 0 bridgehead atoms. The number of hydrogen-bond donors (Lipinski definition) is 0. The van der Waals surface area contributed by atoms with Gasteiger partial charge in [-0.3, -0.25) is 0 Å². The quantitative estimate of drug-likeness (QED) is 0.641. The van der Waals surface area contributed by atoms with Crippen LogP contribution in [0, 0.1) is 0 Å². The average Bonchev–Trinajstić information content (AvgIpc) is 2.38. The molecule has 20 heavy (non-hydrogen) atoms. The summed E-state index contributed by atoms with van der Waals surface area (Å²) >= 11 is 1.90. The first-order chi connectivity index (χ1) is 9.39. The summed E-state index contributed by atoms with van der Waals surface area (Å²) in [6.07, 6.45) is 0. The van der Waals surface area contributed by atoms with E-state index in [0.717, 1.165) is 0 Å². The van der Waals surface area contributed by atoms with Crippen molar-refractivity contribution in [3.63, 3.8) is 0 Å². The lowest BCUT2D eigenvalue weighted by atomic mass is 9.87. The third kappa shape index (κ3) is 3.46. The van der Waals surface area contributed by atoms with E-state index in [2.05, 4.69) is 83.1 Å². The van der Waals surface area contributed by atoms with Gasteiger partial charge in [0.25, 0.3) is 0 Å². The van der Waals surface area contributed by atoms with Gasteiger partial charge in [-0.15, -0.1) is 0 Å². The topological polar surface area (TPSA) is 0 Å². The Bertz CT molecular complexity index is 576. The van der Waals surface area contributed by atoms with Gasteiger partial charge in [0.05, 0.1) is 0 Å². The Morgan fingerprint density at radius 2 is 1.35 bits per heavy atom. The molecule has 0 saturated heterocycles. The Hall–Kier alpha value is -1.21. The summed E-state index contributed by atoms with van der Waals surface area (Å²) in [6.45, 7) is 11.4. The molecule has 2 aromatic carbocycles. The number of hydrogen-bond acceptors (Lipinski definition) is 1. The molecule has 2 aromatic rings. The van der Waals surface area contributed by atoms with E-state index in [9.17, 15) is 0 Å². The van der Waals surface area contributed by atoms with E-state index in [1.54, 1.807) is 0 Å². The summed E-state index contributed by atoms with van der Waals surface area (Å²) in [5.41, 5.74) is 3.03. The van der Waals surface area contributed by atoms with Crippen molar-refractivity contribution in [2.45, 2.75) is 55.7 Å². The van der Waals surface area contributed by atoms with Gasteiger partial charge in [-0.1, -0.05) is 82.8 Å². The van der Waals surface area contributed by atoms with Gasteiger partial charge >= 0.3 is 0 Å². The van der Waals surface area contributed by atoms with Crippen LogP contribution < -0.4 is 0 Å². The lowest BCUT2D eigenvalue weighted by molar-refractivity contribution is 0.578. The predicted molar refractivity (Wildman–Crippen MR) is 89.8 cm³/mol. The molecule has 0 saturated carbocycles. The second-order valence-corrected chi connectivity index (χ2v) is 7.62. The second kappa shape index (κ2) is 6.05. The van der Waals surface area contributed by atoms with Crippen molar-refractivity contribution >= 4 is 11.8 Å². The zero-order chi connectivity index (χ0) is 14.8. The molecular formula is C19H24S. The lowest BCUT2D eigenvalue weighted by Crippen LogP contribution is -2.12. The van der Waals surface area contributed by atoms with E-state index >= 15 is 0 Å². The lowest BCUT2D eigenvalue weighted by Gasteiger charge is -2.23. The van der Waals surface area contributed by atoms with Crippen molar-refractivity contribution in [3.05, 3.63) is 59.7 Å². The fourth-order valence-corrected chi connectivity index (χ4v) is 3.78. The van der Waals surface area contributed by atoms with Crippen molar-refractivity contribution in [1.29, 1.82) is 0 Å². The summed E-state index contributed by atoms with van der Waals surface area (Å²) in [5, 5.41) is 0. The van der Waals surface area contributed by atoms with Gasteiger partial charge in [0.2, 0.25) is 0 Å². The van der Waals surface area contributed by atoms with E-state index < -0.39 is 0 Å². The maximum atomic E-state index is 2.28. The molecule has 0 unspecified atom stereocenters. The first-order valence-electron chi connectivity index (χ1n) is 7.26. The molecule has 0 atom stereocenters. The van der Waals surface area contributed by atoms with Crippen LogP contribution in [0.2, 0.25) is 0 Å². The molecule has 0 spiro atoms. The SMILES string of the molecule is CC(C)c1ccccc1Sc1ccccc1C(C)(C)C. The maximum Gasteiger partial charge on any atom is 0.0159 e. The highest BCUT2D eigenvalue weighted by atomic mass is 32.2. The van der Waals surface area contributed by atoms with E-state index in [4.69, 9.17) is 0 Å². The summed E-state index contributed by atoms with van der Waals surface area (Å²) in [7, 11) is 0. The highest BCUT2D eigenvalue weighted by Crippen LogP contribution is 2.39. The highest BCUT2D eigenvalue weighted by Gasteiger charge is 2.18. The van der Waals surface area contributed by atoms with E-state index in [1.807, 2.05) is 11.8 Å². The minimum absolute atomic E-state index is 0.177. The summed E-state index contributed by atoms with van der Waals surface area (Å²) in [6, 6.07) is 17.5. The second-order valence-electron chi connectivity index (χ2n) is 6.54. The van der Waals surface area contributed by atoms with Gasteiger partial charge in [0, 0.05) is 9.79 Å². The van der Waals surface area contributed by atoms with Gasteiger partial charge in [-0.05, 0) is 34.6 Å². The average molecular weight is 284 g/mol. The molecule has 2 rings (SSSR count). The minimum atomic E-state index is 0.177. The van der Waals surface area contributed by atoms with Crippen molar-refractivity contribution in [2.24, 2.45) is 0 Å². The Kier molecular flexibility index (Phi) is 4.59. The molecule has 0 aliphatic carbocycles. The van der Waals surface area contributed by atoms with Crippen molar-refractivity contribution in [2.75, 3.05) is 0 Å². The van der Waals surface area contributed by atoms with Crippen LogP contribution in [0.25, 0.3) is 0 Å². The van der Waals surface area contributed by atoms with Gasteiger partial charge in [-0.25, -0.2) is 0 Å². The Morgan fingerprint density at radius 1 is 0.800 bits per heavy atom. The van der Waals surface area contributed by atoms with Crippen molar-refractivity contribution in [1.82, 2.24) is 0 Å². The monoisotopic (exact) mass is 284 g/mol. The van der Waals surface area contributed by atoms with Crippen LogP contribution in [0.1, 0.15) is 51.7 Å². The molecule has 1 heteroatoms. The summed E-state index contributed by atoms with van der Waals surface area (Å²) in [5.74, 6) is 0.556. The highest BCUT2D eigenvalue weighted by molar-refractivity contribution is 7.99. The van der Waals surface area contributed by atoms with Gasteiger partial charge in [0.15, 0.2) is 0 Å². The molecule has 0 aromatic heterocycles. The molecule has 0 aliphatic heterocycles. The zero-order valence-electron chi connectivity index (χ0n) is 13.1. The van der Waals surface area contributed by atoms with Crippen LogP contribution in [0.3, 0.4) is 0 Å². The molecule has 0 aliphatic rings. The predicted octanol–water partition coefficient (Wildman–Crippen LogP) is 6.26. The van der Waals surface area contributed by atoms with Gasteiger partial charge in [0.1, 0.15) is 0 Å². The molecule has 0 amide bonds. The molecule has 0 fully saturated rings. The largest absolute Gasteiger partial charge is 0.0895 e. The standard InChI is InChI=1S/C19H24S/c1-14(2)15-10-6-8-12-17(15)20-18-13-9-7-11-16(18)19(3,4)5/h6-14H,1-5H3. The first-order valence-corrected chi connectivity index (χ1v) is 8.07. The smallest absolute Gasteiger partial charge is 0.0159 e. The molecule has 0 N–H and O–H groups in total. The van der Waals surface area contributed by atoms with E-state index in [0.29, 0.717) is 5.92 Å². The Balaban J connectivity index is 2.41. The van der Waals surface area contributed by atoms with Crippen molar-refractivity contribution < 1.29 is 0 Å². The molecule has 0 radical (unpaired) electrons. The Labute approximate surface area is 127 Å². The summed E-state index contributed by atoms with van der Waals surface area (Å²) < 4.78 is 0. The van der Waals surface area contributed by atoms with Crippen LogP contribution in [-0.4, -0.2) is 0 Å². The van der Waals surface area contributed by atoms with Crippen LogP contribution in [-0.2, 0) is 5.41 Å². The third-order valence-corrected chi connectivity index (χ3v) is 4.62. The van der Waals surface area contributed by atoms with Gasteiger partial charge in [-0.2, -0.15) is 0 Å². The normalized spacial score (nSPS) is 11.9.